The fourth-order valence-corrected chi connectivity index (χ4v) is 3.72. The van der Waals surface area contributed by atoms with E-state index in [9.17, 15) is 14.4 Å². The van der Waals surface area contributed by atoms with Crippen molar-refractivity contribution in [3.8, 4) is 11.4 Å². The lowest BCUT2D eigenvalue weighted by atomic mass is 10.0. The molecule has 1 aromatic heterocycles. The Bertz CT molecular complexity index is 1460. The molecule has 0 spiro atoms. The zero-order chi connectivity index (χ0) is 24.9. The van der Waals surface area contributed by atoms with Crippen molar-refractivity contribution < 1.29 is 19.1 Å². The quantitative estimate of drug-likeness (QED) is 0.398. The molecular weight excluding hydrogens is 446 g/mol. The van der Waals surface area contributed by atoms with Gasteiger partial charge in [-0.3, -0.25) is 9.59 Å². The van der Waals surface area contributed by atoms with Crippen LogP contribution in [0.1, 0.15) is 40.3 Å². The normalized spacial score (nSPS) is 10.7. The number of esters is 1. The number of hydrogen-bond acceptors (Lipinski definition) is 6. The largest absolute Gasteiger partial charge is 0.493 e. The molecule has 0 unspecified atom stereocenters. The average Bonchev–Trinajstić information content (AvgIpc) is 2.85. The molecule has 0 aliphatic heterocycles. The Morgan fingerprint density at radius 3 is 2.43 bits per heavy atom. The Hall–Kier alpha value is -4.46. The van der Waals surface area contributed by atoms with E-state index < -0.39 is 17.4 Å². The van der Waals surface area contributed by atoms with E-state index >= 15 is 0 Å². The van der Waals surface area contributed by atoms with Crippen molar-refractivity contribution in [2.45, 2.75) is 20.8 Å². The maximum absolute atomic E-state index is 13.5. The molecule has 35 heavy (non-hydrogen) atoms. The van der Waals surface area contributed by atoms with Gasteiger partial charge >= 0.3 is 5.97 Å². The molecule has 0 aliphatic rings. The third-order valence-electron chi connectivity index (χ3n) is 5.34. The fourth-order valence-electron chi connectivity index (χ4n) is 3.72. The van der Waals surface area contributed by atoms with Gasteiger partial charge in [0.15, 0.2) is 5.69 Å². The first-order chi connectivity index (χ1) is 16.9. The number of aryl methyl sites for hydroxylation is 1. The van der Waals surface area contributed by atoms with Gasteiger partial charge in [-0.2, -0.15) is 9.78 Å². The minimum atomic E-state index is -0.758. The number of benzene rings is 3. The zero-order valence-corrected chi connectivity index (χ0v) is 19.7. The summed E-state index contributed by atoms with van der Waals surface area (Å²) in [4.78, 5) is 39.1. The predicted molar refractivity (Wildman–Crippen MR) is 134 cm³/mol. The van der Waals surface area contributed by atoms with Gasteiger partial charge in [-0.1, -0.05) is 48.0 Å². The van der Waals surface area contributed by atoms with Gasteiger partial charge in [0.05, 0.1) is 30.2 Å². The molecule has 8 heteroatoms. The number of amides is 1. The van der Waals surface area contributed by atoms with Gasteiger partial charge < -0.3 is 14.8 Å². The summed E-state index contributed by atoms with van der Waals surface area (Å²) in [6, 6.07) is 19.3. The number of carbonyl (C=O) groups is 2. The monoisotopic (exact) mass is 471 g/mol. The second-order valence-electron chi connectivity index (χ2n) is 7.76. The average molecular weight is 472 g/mol. The molecule has 1 N–H and O–H groups in total. The number of ether oxygens (including phenoxy) is 2. The van der Waals surface area contributed by atoms with Crippen molar-refractivity contribution >= 4 is 28.3 Å². The van der Waals surface area contributed by atoms with Crippen molar-refractivity contribution in [2.24, 2.45) is 0 Å². The van der Waals surface area contributed by atoms with Crippen LogP contribution in [0, 0.1) is 6.92 Å². The van der Waals surface area contributed by atoms with E-state index in [-0.39, 0.29) is 18.0 Å². The third-order valence-corrected chi connectivity index (χ3v) is 5.34. The van der Waals surface area contributed by atoms with Gasteiger partial charge in [0.25, 0.3) is 11.5 Å². The molecule has 0 fully saturated rings. The Balaban J connectivity index is 1.82. The van der Waals surface area contributed by atoms with Crippen LogP contribution in [0.2, 0.25) is 0 Å². The van der Waals surface area contributed by atoms with E-state index in [1.54, 1.807) is 25.1 Å². The van der Waals surface area contributed by atoms with Crippen LogP contribution >= 0.6 is 0 Å². The summed E-state index contributed by atoms with van der Waals surface area (Å²) >= 11 is 0. The Morgan fingerprint density at radius 2 is 1.71 bits per heavy atom. The number of fused-ring (bicyclic) bond motifs is 1. The first-order valence-corrected chi connectivity index (χ1v) is 11.3. The van der Waals surface area contributed by atoms with Gasteiger partial charge in [-0.15, -0.1) is 0 Å². The van der Waals surface area contributed by atoms with Crippen LogP contribution < -0.4 is 15.6 Å². The highest BCUT2D eigenvalue weighted by molar-refractivity contribution is 6.16. The Kier molecular flexibility index (Phi) is 6.91. The van der Waals surface area contributed by atoms with Gasteiger partial charge in [0.1, 0.15) is 5.75 Å². The highest BCUT2D eigenvalue weighted by Gasteiger charge is 2.23. The van der Waals surface area contributed by atoms with Gasteiger partial charge in [-0.25, -0.2) is 4.79 Å². The molecule has 4 aromatic rings. The lowest BCUT2D eigenvalue weighted by Gasteiger charge is -2.15. The van der Waals surface area contributed by atoms with Crippen molar-refractivity contribution in [1.29, 1.82) is 0 Å². The number of aromatic nitrogens is 2. The van der Waals surface area contributed by atoms with E-state index in [1.807, 2.05) is 56.3 Å². The lowest BCUT2D eigenvalue weighted by Crippen LogP contribution is -2.27. The molecule has 178 valence electrons. The minimum Gasteiger partial charge on any atom is -0.493 e. The molecule has 1 amide bonds. The molecule has 0 bridgehead atoms. The van der Waals surface area contributed by atoms with E-state index in [4.69, 9.17) is 9.47 Å². The molecule has 0 atom stereocenters. The Labute approximate surface area is 202 Å². The summed E-state index contributed by atoms with van der Waals surface area (Å²) in [7, 11) is 0. The highest BCUT2D eigenvalue weighted by atomic mass is 16.5. The lowest BCUT2D eigenvalue weighted by molar-refractivity contribution is 0.0518. The van der Waals surface area contributed by atoms with Crippen LogP contribution in [0.5, 0.6) is 5.75 Å². The van der Waals surface area contributed by atoms with E-state index in [0.29, 0.717) is 29.0 Å². The molecule has 0 saturated carbocycles. The smallest absolute Gasteiger partial charge is 0.360 e. The molecule has 1 heterocycles. The summed E-state index contributed by atoms with van der Waals surface area (Å²) in [6.07, 6.45) is 0. The predicted octanol–water partition coefficient (Wildman–Crippen LogP) is 4.52. The number of hydrogen-bond donors (Lipinski definition) is 1. The van der Waals surface area contributed by atoms with E-state index in [1.165, 1.54) is 6.07 Å². The van der Waals surface area contributed by atoms with Crippen LogP contribution in [0.4, 0.5) is 5.69 Å². The molecule has 4 rings (SSSR count). The van der Waals surface area contributed by atoms with Crippen LogP contribution in [-0.4, -0.2) is 34.9 Å². The fraction of sp³-hybridized carbons (Fsp3) is 0.185. The van der Waals surface area contributed by atoms with Crippen LogP contribution in [-0.2, 0) is 4.74 Å². The second-order valence-corrected chi connectivity index (χ2v) is 7.76. The maximum Gasteiger partial charge on any atom is 0.360 e. The van der Waals surface area contributed by atoms with Crippen LogP contribution in [0.15, 0.2) is 71.5 Å². The van der Waals surface area contributed by atoms with E-state index in [2.05, 4.69) is 10.4 Å². The van der Waals surface area contributed by atoms with E-state index in [0.717, 1.165) is 15.6 Å². The summed E-state index contributed by atoms with van der Waals surface area (Å²) in [5.74, 6) is -0.904. The molecule has 3 aromatic carbocycles. The first kappa shape index (κ1) is 23.7. The SMILES string of the molecule is CCOC(=O)c1nn(-c2ccc(C)cc2)c(=O)cc1NC(=O)c1c(OCC)ccc2ccccc12. The summed E-state index contributed by atoms with van der Waals surface area (Å²) in [5.41, 5.74) is 1.05. The van der Waals surface area contributed by atoms with Gasteiger partial charge in [0, 0.05) is 6.07 Å². The van der Waals surface area contributed by atoms with Crippen molar-refractivity contribution in [2.75, 3.05) is 18.5 Å². The summed E-state index contributed by atoms with van der Waals surface area (Å²) in [6.45, 7) is 5.88. The zero-order valence-electron chi connectivity index (χ0n) is 19.7. The molecule has 0 radical (unpaired) electrons. The standard InChI is InChI=1S/C27H25N3O5/c1-4-34-22-15-12-18-8-6-7-9-20(18)24(22)26(32)28-21-16-23(31)30(19-13-10-17(3)11-14-19)29-25(21)27(33)35-5-2/h6-16H,4-5H2,1-3H3,(H,28,32). The van der Waals surface area contributed by atoms with Gasteiger partial charge in [0.2, 0.25) is 0 Å². The number of anilines is 1. The first-order valence-electron chi connectivity index (χ1n) is 11.3. The van der Waals surface area contributed by atoms with Gasteiger partial charge in [-0.05, 0) is 49.7 Å². The highest BCUT2D eigenvalue weighted by Crippen LogP contribution is 2.29. The number of rotatable bonds is 7. The second kappa shape index (κ2) is 10.2. The molecule has 0 aliphatic carbocycles. The molecule has 0 saturated heterocycles. The molecular formula is C27H25N3O5. The van der Waals surface area contributed by atoms with Crippen LogP contribution in [0.3, 0.4) is 0 Å². The topological polar surface area (TPSA) is 99.5 Å². The minimum absolute atomic E-state index is 0.0443. The summed E-state index contributed by atoms with van der Waals surface area (Å²) < 4.78 is 11.9. The summed E-state index contributed by atoms with van der Waals surface area (Å²) in [5, 5.41) is 8.45. The molecule has 8 nitrogen and oxygen atoms in total. The van der Waals surface area contributed by atoms with Crippen molar-refractivity contribution in [3.63, 3.8) is 0 Å². The number of carbonyl (C=O) groups excluding carboxylic acids is 2. The Morgan fingerprint density at radius 1 is 0.971 bits per heavy atom. The van der Waals surface area contributed by atoms with Crippen molar-refractivity contribution in [1.82, 2.24) is 9.78 Å². The van der Waals surface area contributed by atoms with Crippen molar-refractivity contribution in [3.05, 3.63) is 93.9 Å². The third kappa shape index (κ3) is 4.91. The maximum atomic E-state index is 13.5. The number of nitrogens with zero attached hydrogens (tertiary/aromatic N) is 2. The number of nitrogens with one attached hydrogen (secondary N) is 1. The van der Waals surface area contributed by atoms with Crippen LogP contribution in [0.25, 0.3) is 16.5 Å².